The van der Waals surface area contributed by atoms with Crippen molar-refractivity contribution in [1.82, 2.24) is 9.62 Å². The van der Waals surface area contributed by atoms with Gasteiger partial charge in [-0.25, -0.2) is 12.8 Å². The van der Waals surface area contributed by atoms with Crippen molar-refractivity contribution in [2.24, 2.45) is 0 Å². The molecule has 1 aromatic carbocycles. The first-order valence-corrected chi connectivity index (χ1v) is 7.61. The third-order valence-electron chi connectivity index (χ3n) is 3.06. The molecule has 6 nitrogen and oxygen atoms in total. The number of hydrogen-bond donors (Lipinski definition) is 2. The molecule has 1 fully saturated rings. The molecule has 9 heteroatoms. The summed E-state index contributed by atoms with van der Waals surface area (Å²) in [6.07, 6.45) is 0. The zero-order chi connectivity index (χ0) is 15.1. The minimum Gasteiger partial charge on any atom is -0.396 e. The number of nitrogens with two attached hydrogens (primary N) is 1. The van der Waals surface area contributed by atoms with Gasteiger partial charge in [0.2, 0.25) is 15.9 Å². The van der Waals surface area contributed by atoms with Gasteiger partial charge in [0.25, 0.3) is 0 Å². The number of anilines is 1. The molecule has 1 amide bonds. The summed E-state index contributed by atoms with van der Waals surface area (Å²) in [4.78, 5) is 10.9. The first-order chi connectivity index (χ1) is 9.25. The Morgan fingerprint density at radius 1 is 1.50 bits per heavy atom. The highest BCUT2D eigenvalue weighted by atomic mass is 35.5. The normalized spacial score (nSPS) is 20.8. The highest BCUT2D eigenvalue weighted by Gasteiger charge is 2.37. The van der Waals surface area contributed by atoms with E-state index in [4.69, 9.17) is 17.3 Å². The van der Waals surface area contributed by atoms with E-state index >= 15 is 0 Å². The first-order valence-electron chi connectivity index (χ1n) is 5.79. The number of carbonyl (C=O) groups is 1. The lowest BCUT2D eigenvalue weighted by atomic mass is 10.2. The fourth-order valence-corrected chi connectivity index (χ4v) is 4.00. The topological polar surface area (TPSA) is 92.5 Å². The van der Waals surface area contributed by atoms with Crippen molar-refractivity contribution < 1.29 is 17.6 Å². The smallest absolute Gasteiger partial charge is 0.246 e. The molecule has 1 aromatic rings. The summed E-state index contributed by atoms with van der Waals surface area (Å²) < 4.78 is 39.8. The molecule has 0 saturated carbocycles. The number of halogens is 2. The number of amides is 1. The lowest BCUT2D eigenvalue weighted by Gasteiger charge is -2.31. The fraction of sp³-hybridized carbons (Fsp3) is 0.364. The van der Waals surface area contributed by atoms with Crippen LogP contribution < -0.4 is 11.1 Å². The third kappa shape index (κ3) is 2.46. The molecule has 0 spiro atoms. The summed E-state index contributed by atoms with van der Waals surface area (Å²) in [5.41, 5.74) is 5.03. The van der Waals surface area contributed by atoms with Crippen molar-refractivity contribution in [2.75, 3.05) is 18.8 Å². The Kier molecular flexibility index (Phi) is 3.90. The van der Waals surface area contributed by atoms with Gasteiger partial charge < -0.3 is 11.1 Å². The summed E-state index contributed by atoms with van der Waals surface area (Å²) >= 11 is 5.72. The Labute approximate surface area is 120 Å². The number of hydrogen-bond acceptors (Lipinski definition) is 4. The largest absolute Gasteiger partial charge is 0.396 e. The maximum atomic E-state index is 14.0. The van der Waals surface area contributed by atoms with Gasteiger partial charge in [-0.2, -0.15) is 4.31 Å². The van der Waals surface area contributed by atoms with Gasteiger partial charge in [0, 0.05) is 18.1 Å². The highest BCUT2D eigenvalue weighted by molar-refractivity contribution is 7.89. The quantitative estimate of drug-likeness (QED) is 0.779. The van der Waals surface area contributed by atoms with Crippen molar-refractivity contribution in [3.63, 3.8) is 0 Å². The van der Waals surface area contributed by atoms with Crippen LogP contribution in [-0.2, 0) is 14.8 Å². The molecule has 1 heterocycles. The SMILES string of the molecule is CC1C(=O)NCCN1S(=O)(=O)c1cc(Cl)cc(N)c1F. The monoisotopic (exact) mass is 321 g/mol. The molecular weight excluding hydrogens is 309 g/mol. The van der Waals surface area contributed by atoms with Crippen molar-refractivity contribution in [3.8, 4) is 0 Å². The van der Waals surface area contributed by atoms with E-state index in [0.717, 1.165) is 16.4 Å². The number of nitrogens with one attached hydrogen (secondary N) is 1. The second-order valence-electron chi connectivity index (χ2n) is 4.39. The third-order valence-corrected chi connectivity index (χ3v) is 5.25. The molecule has 110 valence electrons. The Bertz CT molecular complexity index is 665. The van der Waals surface area contributed by atoms with Gasteiger partial charge in [0.05, 0.1) is 5.69 Å². The molecule has 1 atom stereocenters. The molecule has 20 heavy (non-hydrogen) atoms. The lowest BCUT2D eigenvalue weighted by Crippen LogP contribution is -2.55. The van der Waals surface area contributed by atoms with E-state index in [0.29, 0.717) is 0 Å². The summed E-state index contributed by atoms with van der Waals surface area (Å²) in [6, 6.07) is 1.19. The second-order valence-corrected chi connectivity index (χ2v) is 6.69. The van der Waals surface area contributed by atoms with Crippen LogP contribution >= 0.6 is 11.6 Å². The predicted octanol–water partition coefficient (Wildman–Crippen LogP) is 0.570. The molecule has 1 aliphatic heterocycles. The van der Waals surface area contributed by atoms with Crippen LogP contribution in [0.25, 0.3) is 0 Å². The van der Waals surface area contributed by atoms with Crippen LogP contribution in [-0.4, -0.2) is 37.8 Å². The van der Waals surface area contributed by atoms with Crippen molar-refractivity contribution in [1.29, 1.82) is 0 Å². The molecular formula is C11H13ClFN3O3S. The molecule has 0 radical (unpaired) electrons. The van der Waals surface area contributed by atoms with Crippen LogP contribution in [0.5, 0.6) is 0 Å². The average molecular weight is 322 g/mol. The van der Waals surface area contributed by atoms with Crippen LogP contribution in [0, 0.1) is 5.82 Å². The summed E-state index contributed by atoms with van der Waals surface area (Å²) in [5.74, 6) is -1.50. The van der Waals surface area contributed by atoms with Gasteiger partial charge in [0.15, 0.2) is 5.82 Å². The zero-order valence-corrected chi connectivity index (χ0v) is 12.1. The van der Waals surface area contributed by atoms with E-state index in [1.165, 1.54) is 6.92 Å². The maximum Gasteiger partial charge on any atom is 0.246 e. The summed E-state index contributed by atoms with van der Waals surface area (Å²) in [6.45, 7) is 1.65. The minimum absolute atomic E-state index is 0.0107. The number of nitrogens with zero attached hydrogens (tertiary/aromatic N) is 1. The van der Waals surface area contributed by atoms with Gasteiger partial charge >= 0.3 is 0 Å². The number of sulfonamides is 1. The first kappa shape index (κ1) is 15.0. The van der Waals surface area contributed by atoms with Crippen molar-refractivity contribution in [3.05, 3.63) is 23.0 Å². The minimum atomic E-state index is -4.19. The predicted molar refractivity (Wildman–Crippen MR) is 72.2 cm³/mol. The molecule has 1 aliphatic rings. The Morgan fingerprint density at radius 3 is 2.80 bits per heavy atom. The van der Waals surface area contributed by atoms with Gasteiger partial charge in [-0.15, -0.1) is 0 Å². The number of carbonyl (C=O) groups excluding carboxylic acids is 1. The molecule has 0 aliphatic carbocycles. The molecule has 3 N–H and O–H groups in total. The second kappa shape index (κ2) is 5.19. The molecule has 0 bridgehead atoms. The average Bonchev–Trinajstić information content (AvgIpc) is 2.36. The number of nitrogen functional groups attached to an aromatic ring is 1. The molecule has 2 rings (SSSR count). The molecule has 0 aromatic heterocycles. The zero-order valence-electron chi connectivity index (χ0n) is 10.6. The van der Waals surface area contributed by atoms with Crippen LogP contribution in [0.2, 0.25) is 5.02 Å². The van der Waals surface area contributed by atoms with Gasteiger partial charge in [-0.1, -0.05) is 11.6 Å². The summed E-state index contributed by atoms with van der Waals surface area (Å²) in [7, 11) is -4.19. The standard InChI is InChI=1S/C11H13ClFN3O3S/c1-6-11(17)15-2-3-16(6)20(18,19)9-5-7(12)4-8(14)10(9)13/h4-6H,2-3,14H2,1H3,(H,15,17). The van der Waals surface area contributed by atoms with Crippen LogP contribution in [0.1, 0.15) is 6.92 Å². The fourth-order valence-electron chi connectivity index (χ4n) is 1.99. The van der Waals surface area contributed by atoms with Crippen molar-refractivity contribution >= 4 is 33.2 Å². The Hall–Kier alpha value is -1.38. The molecule has 1 unspecified atom stereocenters. The van der Waals surface area contributed by atoms with Crippen LogP contribution in [0.3, 0.4) is 0 Å². The van der Waals surface area contributed by atoms with E-state index in [9.17, 15) is 17.6 Å². The van der Waals surface area contributed by atoms with E-state index in [-0.39, 0.29) is 23.8 Å². The van der Waals surface area contributed by atoms with E-state index in [1.807, 2.05) is 0 Å². The Balaban J connectivity index is 2.53. The highest BCUT2D eigenvalue weighted by Crippen LogP contribution is 2.28. The van der Waals surface area contributed by atoms with Gasteiger partial charge in [-0.3, -0.25) is 4.79 Å². The van der Waals surface area contributed by atoms with Crippen molar-refractivity contribution in [2.45, 2.75) is 17.9 Å². The van der Waals surface area contributed by atoms with Crippen LogP contribution in [0.15, 0.2) is 17.0 Å². The molecule has 1 saturated heterocycles. The van der Waals surface area contributed by atoms with Gasteiger partial charge in [-0.05, 0) is 19.1 Å². The van der Waals surface area contributed by atoms with Crippen LogP contribution in [0.4, 0.5) is 10.1 Å². The van der Waals surface area contributed by atoms with E-state index < -0.39 is 32.7 Å². The maximum absolute atomic E-state index is 14.0. The van der Waals surface area contributed by atoms with E-state index in [1.54, 1.807) is 0 Å². The van der Waals surface area contributed by atoms with Gasteiger partial charge in [0.1, 0.15) is 10.9 Å². The lowest BCUT2D eigenvalue weighted by molar-refractivity contribution is -0.126. The van der Waals surface area contributed by atoms with E-state index in [2.05, 4.69) is 5.32 Å². The summed E-state index contributed by atoms with van der Waals surface area (Å²) in [5, 5.41) is 2.54. The number of rotatable bonds is 2. The number of piperazine rings is 1. The number of benzene rings is 1. The Morgan fingerprint density at radius 2 is 2.15 bits per heavy atom.